The minimum atomic E-state index is -1.01. The standard InChI is InChI=1S/C15H14O3S3/c16-12(10-2-5-20-8-10)15-3-6-21-13(15)11(18-14(15)17)9-1-4-19-7-9/h1-8,11-14,16-17H/t11-,12?,13+,14?,15-/m0/s1. The summed E-state index contributed by atoms with van der Waals surface area (Å²) in [6, 6.07) is 3.93. The van der Waals surface area contributed by atoms with Gasteiger partial charge in [0.2, 0.25) is 0 Å². The van der Waals surface area contributed by atoms with Crippen molar-refractivity contribution in [3.63, 3.8) is 0 Å². The molecule has 4 heterocycles. The van der Waals surface area contributed by atoms with E-state index in [0.717, 1.165) is 11.1 Å². The van der Waals surface area contributed by atoms with E-state index in [1.54, 1.807) is 34.4 Å². The molecule has 1 saturated heterocycles. The van der Waals surface area contributed by atoms with Gasteiger partial charge in [0.1, 0.15) is 0 Å². The van der Waals surface area contributed by atoms with Gasteiger partial charge in [0, 0.05) is 0 Å². The summed E-state index contributed by atoms with van der Waals surface area (Å²) in [7, 11) is 0. The molecule has 2 aliphatic heterocycles. The third-order valence-corrected chi connectivity index (χ3v) is 6.90. The number of thiophene rings is 2. The van der Waals surface area contributed by atoms with Gasteiger partial charge in [-0.1, -0.05) is 6.08 Å². The summed E-state index contributed by atoms with van der Waals surface area (Å²) in [6.45, 7) is 0. The highest BCUT2D eigenvalue weighted by atomic mass is 32.2. The van der Waals surface area contributed by atoms with Gasteiger partial charge in [-0.05, 0) is 50.2 Å². The first kappa shape index (κ1) is 14.0. The van der Waals surface area contributed by atoms with Crippen LogP contribution in [-0.2, 0) is 4.74 Å². The van der Waals surface area contributed by atoms with Gasteiger partial charge in [0.25, 0.3) is 0 Å². The summed E-state index contributed by atoms with van der Waals surface area (Å²) >= 11 is 4.79. The molecule has 110 valence electrons. The molecule has 0 aromatic carbocycles. The molecule has 2 aliphatic rings. The Labute approximate surface area is 134 Å². The first-order valence-electron chi connectivity index (χ1n) is 6.62. The molecule has 2 aromatic rings. The number of hydrogen-bond donors (Lipinski definition) is 2. The number of ether oxygens (including phenoxy) is 1. The molecule has 1 fully saturated rings. The second-order valence-corrected chi connectivity index (χ2v) is 7.90. The molecular formula is C15H14O3S3. The molecule has 21 heavy (non-hydrogen) atoms. The van der Waals surface area contributed by atoms with Crippen molar-refractivity contribution < 1.29 is 14.9 Å². The second kappa shape index (κ2) is 5.22. The first-order valence-corrected chi connectivity index (χ1v) is 9.45. The summed E-state index contributed by atoms with van der Waals surface area (Å²) in [5, 5.41) is 31.3. The Morgan fingerprint density at radius 3 is 2.71 bits per heavy atom. The van der Waals surface area contributed by atoms with Crippen molar-refractivity contribution in [1.29, 1.82) is 0 Å². The fourth-order valence-electron chi connectivity index (χ4n) is 3.13. The van der Waals surface area contributed by atoms with Gasteiger partial charge in [-0.2, -0.15) is 22.7 Å². The molecule has 0 spiro atoms. The Hall–Kier alpha value is -0.630. The maximum absolute atomic E-state index is 10.9. The maximum Gasteiger partial charge on any atom is 0.168 e. The van der Waals surface area contributed by atoms with Crippen molar-refractivity contribution in [2.45, 2.75) is 23.7 Å². The average Bonchev–Trinajstić information content (AvgIpc) is 3.26. The van der Waals surface area contributed by atoms with Crippen LogP contribution >= 0.6 is 34.4 Å². The topological polar surface area (TPSA) is 49.7 Å². The molecule has 2 unspecified atom stereocenters. The van der Waals surface area contributed by atoms with Crippen LogP contribution in [0.3, 0.4) is 0 Å². The summed E-state index contributed by atoms with van der Waals surface area (Å²) in [6.07, 6.45) is -0.0476. The first-order chi connectivity index (χ1) is 10.2. The Morgan fingerprint density at radius 1 is 1.19 bits per heavy atom. The van der Waals surface area contributed by atoms with Crippen LogP contribution in [0, 0.1) is 5.41 Å². The lowest BCUT2D eigenvalue weighted by Crippen LogP contribution is -2.40. The van der Waals surface area contributed by atoms with Crippen molar-refractivity contribution in [1.82, 2.24) is 0 Å². The molecule has 3 nitrogen and oxygen atoms in total. The Kier molecular flexibility index (Phi) is 3.48. The molecule has 0 saturated carbocycles. The second-order valence-electron chi connectivity index (χ2n) is 5.28. The number of hydrogen-bond acceptors (Lipinski definition) is 6. The molecular weight excluding hydrogens is 324 g/mol. The Morgan fingerprint density at radius 2 is 2.00 bits per heavy atom. The van der Waals surface area contributed by atoms with E-state index in [-0.39, 0.29) is 11.4 Å². The SMILES string of the molecule is OC1O[C@@H](c2ccsc2)[C@H]2SC=C[C@@]12C(O)c1ccsc1. The van der Waals surface area contributed by atoms with Crippen molar-refractivity contribution in [3.8, 4) is 0 Å². The number of rotatable bonds is 3. The van der Waals surface area contributed by atoms with Crippen molar-refractivity contribution in [3.05, 3.63) is 56.3 Å². The molecule has 5 atom stereocenters. The smallest absolute Gasteiger partial charge is 0.168 e. The average molecular weight is 338 g/mol. The highest BCUT2D eigenvalue weighted by Crippen LogP contribution is 2.61. The van der Waals surface area contributed by atoms with E-state index in [4.69, 9.17) is 4.74 Å². The van der Waals surface area contributed by atoms with E-state index in [1.807, 2.05) is 45.1 Å². The van der Waals surface area contributed by atoms with Gasteiger partial charge in [0.15, 0.2) is 6.29 Å². The zero-order valence-corrected chi connectivity index (χ0v) is 13.4. The molecule has 4 rings (SSSR count). The number of thioether (sulfide) groups is 1. The Bertz CT molecular complexity index is 637. The van der Waals surface area contributed by atoms with Gasteiger partial charge >= 0.3 is 0 Å². The summed E-state index contributed by atoms with van der Waals surface area (Å²) < 4.78 is 5.83. The number of aliphatic hydroxyl groups excluding tert-OH is 2. The minimum Gasteiger partial charge on any atom is -0.387 e. The van der Waals surface area contributed by atoms with Crippen molar-refractivity contribution >= 4 is 34.4 Å². The lowest BCUT2D eigenvalue weighted by Gasteiger charge is -2.34. The molecule has 6 heteroatoms. The van der Waals surface area contributed by atoms with Crippen LogP contribution in [0.5, 0.6) is 0 Å². The predicted octanol–water partition coefficient (Wildman–Crippen LogP) is 3.55. The molecule has 0 bridgehead atoms. The predicted molar refractivity (Wildman–Crippen MR) is 86.4 cm³/mol. The zero-order chi connectivity index (χ0) is 14.4. The third-order valence-electron chi connectivity index (χ3n) is 4.26. The van der Waals surface area contributed by atoms with E-state index in [2.05, 4.69) is 0 Å². The van der Waals surface area contributed by atoms with Gasteiger partial charge in [-0.25, -0.2) is 0 Å². The van der Waals surface area contributed by atoms with Crippen LogP contribution in [-0.4, -0.2) is 21.8 Å². The van der Waals surface area contributed by atoms with Crippen LogP contribution in [0.4, 0.5) is 0 Å². The molecule has 2 aromatic heterocycles. The molecule has 0 amide bonds. The normalized spacial score (nSPS) is 36.0. The van der Waals surface area contributed by atoms with E-state index >= 15 is 0 Å². The van der Waals surface area contributed by atoms with Crippen LogP contribution in [0.2, 0.25) is 0 Å². The highest BCUT2D eigenvalue weighted by Gasteiger charge is 2.61. The van der Waals surface area contributed by atoms with Crippen LogP contribution < -0.4 is 0 Å². The lowest BCUT2D eigenvalue weighted by molar-refractivity contribution is -0.149. The summed E-state index contributed by atoms with van der Waals surface area (Å²) in [5.74, 6) is 0. The van der Waals surface area contributed by atoms with Gasteiger partial charge in [0.05, 0.1) is 22.9 Å². The van der Waals surface area contributed by atoms with Gasteiger partial charge < -0.3 is 14.9 Å². The molecule has 2 N–H and O–H groups in total. The maximum atomic E-state index is 10.9. The fourth-order valence-corrected chi connectivity index (χ4v) is 5.90. The van der Waals surface area contributed by atoms with Crippen LogP contribution in [0.25, 0.3) is 0 Å². The van der Waals surface area contributed by atoms with Crippen LogP contribution in [0.1, 0.15) is 23.3 Å². The molecule has 0 radical (unpaired) electrons. The lowest BCUT2D eigenvalue weighted by atomic mass is 9.75. The van der Waals surface area contributed by atoms with Crippen molar-refractivity contribution in [2.75, 3.05) is 0 Å². The highest BCUT2D eigenvalue weighted by molar-refractivity contribution is 8.03. The fraction of sp³-hybridized carbons (Fsp3) is 0.333. The summed E-state index contributed by atoms with van der Waals surface area (Å²) in [5.41, 5.74) is 1.13. The minimum absolute atomic E-state index is 0.0167. The monoisotopic (exact) mass is 338 g/mol. The third kappa shape index (κ3) is 1.98. The number of aliphatic hydroxyl groups is 2. The zero-order valence-electron chi connectivity index (χ0n) is 11.0. The van der Waals surface area contributed by atoms with E-state index in [1.165, 1.54) is 0 Å². The van der Waals surface area contributed by atoms with Gasteiger partial charge in [-0.15, -0.1) is 11.8 Å². The van der Waals surface area contributed by atoms with E-state index < -0.39 is 17.8 Å². The number of fused-ring (bicyclic) bond motifs is 1. The van der Waals surface area contributed by atoms with Crippen molar-refractivity contribution in [2.24, 2.45) is 5.41 Å². The quantitative estimate of drug-likeness (QED) is 0.899. The summed E-state index contributed by atoms with van der Waals surface area (Å²) in [4.78, 5) is 0. The van der Waals surface area contributed by atoms with E-state index in [9.17, 15) is 10.2 Å². The largest absolute Gasteiger partial charge is 0.387 e. The Balaban J connectivity index is 1.75. The van der Waals surface area contributed by atoms with Crippen LogP contribution in [0.15, 0.2) is 45.1 Å². The van der Waals surface area contributed by atoms with E-state index in [0.29, 0.717) is 0 Å². The molecule has 0 aliphatic carbocycles. The van der Waals surface area contributed by atoms with Gasteiger partial charge in [-0.3, -0.25) is 0 Å².